The molecule has 3 aromatic rings. The molecule has 0 spiro atoms. The van der Waals surface area contributed by atoms with E-state index in [4.69, 9.17) is 0 Å². The number of aromatic amines is 1. The maximum Gasteiger partial charge on any atom is 0.120 e. The molecule has 1 N–H and O–H groups in total. The Labute approximate surface area is 179 Å². The Hall–Kier alpha value is -2.44. The summed E-state index contributed by atoms with van der Waals surface area (Å²) >= 11 is 0. The van der Waals surface area contributed by atoms with E-state index in [1.165, 1.54) is 24.0 Å². The lowest BCUT2D eigenvalue weighted by atomic mass is 9.85. The predicted octanol–water partition coefficient (Wildman–Crippen LogP) is 3.41. The minimum atomic E-state index is 0.526. The van der Waals surface area contributed by atoms with Gasteiger partial charge >= 0.3 is 0 Å². The molecule has 6 heteroatoms. The van der Waals surface area contributed by atoms with Crippen LogP contribution in [0.5, 0.6) is 0 Å². The number of aryl methyl sites for hydroxylation is 2. The van der Waals surface area contributed by atoms with Crippen LogP contribution in [0.3, 0.4) is 0 Å². The van der Waals surface area contributed by atoms with Gasteiger partial charge in [-0.1, -0.05) is 30.3 Å². The van der Waals surface area contributed by atoms with Gasteiger partial charge in [0.15, 0.2) is 0 Å². The topological polar surface area (TPSA) is 53.0 Å². The fourth-order valence-electron chi connectivity index (χ4n) is 4.82. The van der Waals surface area contributed by atoms with Crippen LogP contribution >= 0.6 is 0 Å². The van der Waals surface area contributed by atoms with Gasteiger partial charge in [-0.3, -0.25) is 14.5 Å². The molecule has 1 aliphatic rings. The first-order valence-corrected chi connectivity index (χ1v) is 11.0. The number of nitrogens with zero attached hydrogens (tertiary/aromatic N) is 5. The summed E-state index contributed by atoms with van der Waals surface area (Å²) in [7, 11) is 4.29. The van der Waals surface area contributed by atoms with Crippen molar-refractivity contribution in [2.24, 2.45) is 13.0 Å². The first-order valence-electron chi connectivity index (χ1n) is 11.0. The first-order chi connectivity index (χ1) is 14.6. The summed E-state index contributed by atoms with van der Waals surface area (Å²) in [6, 6.07) is 11.5. The first kappa shape index (κ1) is 20.8. The van der Waals surface area contributed by atoms with Crippen molar-refractivity contribution in [2.45, 2.75) is 45.3 Å². The van der Waals surface area contributed by atoms with E-state index in [-0.39, 0.29) is 0 Å². The number of hydrogen-bond donors (Lipinski definition) is 1. The van der Waals surface area contributed by atoms with Gasteiger partial charge in [-0.05, 0) is 57.8 Å². The van der Waals surface area contributed by atoms with Crippen LogP contribution in [0.15, 0.2) is 48.9 Å². The van der Waals surface area contributed by atoms with Crippen molar-refractivity contribution in [3.63, 3.8) is 0 Å². The van der Waals surface area contributed by atoms with Gasteiger partial charge in [0.25, 0.3) is 0 Å². The maximum absolute atomic E-state index is 4.54. The van der Waals surface area contributed by atoms with Crippen LogP contribution in [-0.4, -0.2) is 55.7 Å². The highest BCUT2D eigenvalue weighted by molar-refractivity contribution is 5.18. The smallest absolute Gasteiger partial charge is 0.120 e. The van der Waals surface area contributed by atoms with E-state index in [0.29, 0.717) is 12.0 Å². The van der Waals surface area contributed by atoms with Crippen LogP contribution in [0.2, 0.25) is 0 Å². The molecule has 1 fully saturated rings. The van der Waals surface area contributed by atoms with Gasteiger partial charge in [0.2, 0.25) is 0 Å². The molecule has 3 heterocycles. The molecule has 0 aliphatic carbocycles. The number of H-pyrrole nitrogens is 1. The number of piperidine rings is 1. The summed E-state index contributed by atoms with van der Waals surface area (Å²) < 4.78 is 1.93. The highest BCUT2D eigenvalue weighted by Crippen LogP contribution is 2.28. The van der Waals surface area contributed by atoms with E-state index in [2.05, 4.69) is 75.4 Å². The van der Waals surface area contributed by atoms with Gasteiger partial charge in [-0.2, -0.15) is 5.10 Å². The SMILES string of the molecule is Cc1nn(C)cc1CN(C)C(Cc1ccccc1)C1CCN(Cc2ncc[nH]2)CC1. The lowest BCUT2D eigenvalue weighted by Crippen LogP contribution is -2.45. The van der Waals surface area contributed by atoms with Crippen molar-refractivity contribution < 1.29 is 0 Å². The second-order valence-corrected chi connectivity index (χ2v) is 8.74. The largest absolute Gasteiger partial charge is 0.348 e. The standard InChI is InChI=1S/C24H34N6/c1-19-22(17-29(3)27-19)16-28(2)23(15-20-7-5-4-6-8-20)21-9-13-30(14-10-21)18-24-25-11-12-26-24/h4-8,11-12,17,21,23H,9-10,13-16,18H2,1-3H3,(H,25,26). The fraction of sp³-hybridized carbons (Fsp3) is 0.500. The quantitative estimate of drug-likeness (QED) is 0.623. The average molecular weight is 407 g/mol. The number of likely N-dealkylation sites (N-methyl/N-ethyl adjacent to an activating group) is 1. The maximum atomic E-state index is 4.54. The Morgan fingerprint density at radius 1 is 1.20 bits per heavy atom. The number of benzene rings is 1. The highest BCUT2D eigenvalue weighted by atomic mass is 15.3. The molecule has 0 bridgehead atoms. The number of likely N-dealkylation sites (tertiary alicyclic amines) is 1. The zero-order valence-corrected chi connectivity index (χ0v) is 18.5. The van der Waals surface area contributed by atoms with Crippen molar-refractivity contribution in [3.8, 4) is 0 Å². The van der Waals surface area contributed by atoms with Gasteiger partial charge in [0.1, 0.15) is 5.82 Å². The van der Waals surface area contributed by atoms with Crippen molar-refractivity contribution in [1.29, 1.82) is 0 Å². The van der Waals surface area contributed by atoms with Crippen molar-refractivity contribution in [3.05, 3.63) is 71.6 Å². The van der Waals surface area contributed by atoms with Crippen LogP contribution in [-0.2, 0) is 26.6 Å². The molecule has 0 amide bonds. The molecule has 1 aromatic carbocycles. The van der Waals surface area contributed by atoms with Crippen LogP contribution in [0.25, 0.3) is 0 Å². The second-order valence-electron chi connectivity index (χ2n) is 8.74. The van der Waals surface area contributed by atoms with Crippen LogP contribution in [0.1, 0.15) is 35.5 Å². The Morgan fingerprint density at radius 3 is 2.60 bits per heavy atom. The molecule has 30 heavy (non-hydrogen) atoms. The Bertz CT molecular complexity index is 893. The summed E-state index contributed by atoms with van der Waals surface area (Å²) in [5.41, 5.74) is 3.89. The molecule has 1 atom stereocenters. The molecule has 0 radical (unpaired) electrons. The highest BCUT2D eigenvalue weighted by Gasteiger charge is 2.30. The van der Waals surface area contributed by atoms with Crippen molar-refractivity contribution >= 4 is 0 Å². The Balaban J connectivity index is 1.44. The average Bonchev–Trinajstić information content (AvgIpc) is 3.37. The molecule has 1 unspecified atom stereocenters. The van der Waals surface area contributed by atoms with E-state index >= 15 is 0 Å². The summed E-state index contributed by atoms with van der Waals surface area (Å²) in [6.07, 6.45) is 9.47. The summed E-state index contributed by atoms with van der Waals surface area (Å²) in [5.74, 6) is 1.76. The molecule has 1 aliphatic heterocycles. The lowest BCUT2D eigenvalue weighted by molar-refractivity contribution is 0.0942. The zero-order valence-electron chi connectivity index (χ0n) is 18.5. The number of imidazole rings is 1. The van der Waals surface area contributed by atoms with Gasteiger partial charge in [0, 0.05) is 43.8 Å². The second kappa shape index (κ2) is 9.58. The van der Waals surface area contributed by atoms with E-state index in [1.54, 1.807) is 0 Å². The zero-order chi connectivity index (χ0) is 20.9. The third kappa shape index (κ3) is 5.18. The molecule has 160 valence electrons. The van der Waals surface area contributed by atoms with Crippen LogP contribution in [0, 0.1) is 12.8 Å². The Kier molecular flexibility index (Phi) is 6.65. The summed E-state index contributed by atoms with van der Waals surface area (Å²) in [4.78, 5) is 12.7. The number of rotatable bonds is 8. The minimum Gasteiger partial charge on any atom is -0.348 e. The van der Waals surface area contributed by atoms with Gasteiger partial charge in [-0.25, -0.2) is 4.98 Å². The van der Waals surface area contributed by atoms with E-state index in [0.717, 1.165) is 44.1 Å². The number of hydrogen-bond acceptors (Lipinski definition) is 4. The molecular formula is C24H34N6. The number of aromatic nitrogens is 4. The van der Waals surface area contributed by atoms with E-state index in [9.17, 15) is 0 Å². The Morgan fingerprint density at radius 2 is 1.97 bits per heavy atom. The molecule has 6 nitrogen and oxygen atoms in total. The molecule has 0 saturated carbocycles. The lowest BCUT2D eigenvalue weighted by Gasteiger charge is -2.40. The van der Waals surface area contributed by atoms with Crippen molar-refractivity contribution in [1.82, 2.24) is 29.5 Å². The normalized spacial score (nSPS) is 16.9. The van der Waals surface area contributed by atoms with Gasteiger partial charge in [-0.15, -0.1) is 0 Å². The summed E-state index contributed by atoms with van der Waals surface area (Å²) in [6.45, 7) is 6.26. The van der Waals surface area contributed by atoms with Gasteiger partial charge < -0.3 is 4.98 Å². The van der Waals surface area contributed by atoms with Crippen LogP contribution < -0.4 is 0 Å². The molecule has 1 saturated heterocycles. The summed E-state index contributed by atoms with van der Waals surface area (Å²) in [5, 5.41) is 4.54. The minimum absolute atomic E-state index is 0.526. The predicted molar refractivity (Wildman–Crippen MR) is 120 cm³/mol. The van der Waals surface area contributed by atoms with E-state index < -0.39 is 0 Å². The molecule has 4 rings (SSSR count). The number of nitrogens with one attached hydrogen (secondary N) is 1. The van der Waals surface area contributed by atoms with Crippen molar-refractivity contribution in [2.75, 3.05) is 20.1 Å². The molecular weight excluding hydrogens is 372 g/mol. The van der Waals surface area contributed by atoms with Crippen LogP contribution in [0.4, 0.5) is 0 Å². The third-order valence-electron chi connectivity index (χ3n) is 6.49. The van der Waals surface area contributed by atoms with Gasteiger partial charge in [0.05, 0.1) is 12.2 Å². The van der Waals surface area contributed by atoms with E-state index in [1.807, 2.05) is 24.1 Å². The monoisotopic (exact) mass is 406 g/mol. The fourth-order valence-corrected chi connectivity index (χ4v) is 4.82. The molecule has 2 aromatic heterocycles. The third-order valence-corrected chi connectivity index (χ3v) is 6.49.